The molecule has 0 saturated carbocycles. The van der Waals surface area contributed by atoms with Crippen molar-refractivity contribution in [2.24, 2.45) is 0 Å². The predicted molar refractivity (Wildman–Crippen MR) is 73.4 cm³/mol. The maximum Gasteiger partial charge on any atom is 0.328 e. The summed E-state index contributed by atoms with van der Waals surface area (Å²) in [5, 5.41) is 10.8. The lowest BCUT2D eigenvalue weighted by Crippen LogP contribution is -2.41. The lowest BCUT2D eigenvalue weighted by atomic mass is 10.0. The first-order valence-electron chi connectivity index (χ1n) is 6.69. The van der Waals surface area contributed by atoms with Gasteiger partial charge in [-0.1, -0.05) is 0 Å². The molecule has 1 aromatic rings. The van der Waals surface area contributed by atoms with Gasteiger partial charge in [-0.15, -0.1) is 0 Å². The molecule has 118 valence electrons. The van der Waals surface area contributed by atoms with Gasteiger partial charge in [0, 0.05) is 24.1 Å². The van der Waals surface area contributed by atoms with E-state index in [1.807, 2.05) is 0 Å². The summed E-state index contributed by atoms with van der Waals surface area (Å²) in [6.45, 7) is 1.53. The number of methoxy groups -OCH3 is 1. The number of esters is 1. The van der Waals surface area contributed by atoms with E-state index in [1.165, 1.54) is 18.9 Å². The van der Waals surface area contributed by atoms with Crippen LogP contribution in [0.4, 0.5) is 10.1 Å². The van der Waals surface area contributed by atoms with Crippen LogP contribution in [0, 0.1) is 15.9 Å². The van der Waals surface area contributed by atoms with E-state index in [4.69, 9.17) is 0 Å². The minimum absolute atomic E-state index is 0.00152. The quantitative estimate of drug-likeness (QED) is 0.482. The highest BCUT2D eigenvalue weighted by molar-refractivity contribution is 5.88. The Morgan fingerprint density at radius 1 is 1.55 bits per heavy atom. The fraction of sp³-hybridized carbons (Fsp3) is 0.429. The summed E-state index contributed by atoms with van der Waals surface area (Å²) in [5.41, 5.74) is -0.275. The largest absolute Gasteiger partial charge is 0.467 e. The highest BCUT2D eigenvalue weighted by Crippen LogP contribution is 2.33. The van der Waals surface area contributed by atoms with Crippen molar-refractivity contribution >= 4 is 17.6 Å². The van der Waals surface area contributed by atoms with Gasteiger partial charge < -0.3 is 9.64 Å². The fourth-order valence-corrected chi connectivity index (χ4v) is 2.67. The predicted octanol–water partition coefficient (Wildman–Crippen LogP) is 1.96. The number of nitro groups is 1. The number of benzene rings is 1. The van der Waals surface area contributed by atoms with Gasteiger partial charge in [-0.3, -0.25) is 14.9 Å². The van der Waals surface area contributed by atoms with Crippen LogP contribution in [0.25, 0.3) is 0 Å². The van der Waals surface area contributed by atoms with Crippen molar-refractivity contribution in [2.75, 3.05) is 7.11 Å². The van der Waals surface area contributed by atoms with Crippen molar-refractivity contribution in [2.45, 2.75) is 31.8 Å². The van der Waals surface area contributed by atoms with E-state index in [0.717, 1.165) is 18.2 Å². The van der Waals surface area contributed by atoms with Crippen LogP contribution in [0.5, 0.6) is 0 Å². The SMILES string of the molecule is COC(=O)C1CCC(=O)N1C(C)c1cc([N+](=O)[O-])ccc1F. The second-order valence-electron chi connectivity index (χ2n) is 5.02. The monoisotopic (exact) mass is 310 g/mol. The summed E-state index contributed by atoms with van der Waals surface area (Å²) in [5.74, 6) is -1.56. The third-order valence-electron chi connectivity index (χ3n) is 3.79. The summed E-state index contributed by atoms with van der Waals surface area (Å²) in [4.78, 5) is 35.2. The number of ether oxygens (including phenoxy) is 1. The number of non-ortho nitro benzene ring substituents is 1. The van der Waals surface area contributed by atoms with Crippen molar-refractivity contribution in [1.82, 2.24) is 4.90 Å². The van der Waals surface area contributed by atoms with Crippen LogP contribution in [-0.4, -0.2) is 34.9 Å². The van der Waals surface area contributed by atoms with Crippen LogP contribution in [-0.2, 0) is 14.3 Å². The van der Waals surface area contributed by atoms with Crippen molar-refractivity contribution in [3.05, 3.63) is 39.7 Å². The van der Waals surface area contributed by atoms with Crippen molar-refractivity contribution in [1.29, 1.82) is 0 Å². The molecule has 2 unspecified atom stereocenters. The van der Waals surface area contributed by atoms with Gasteiger partial charge in [-0.25, -0.2) is 9.18 Å². The molecule has 8 heteroatoms. The molecule has 2 rings (SSSR count). The molecule has 0 aromatic heterocycles. The molecule has 1 aliphatic heterocycles. The molecule has 0 aliphatic carbocycles. The van der Waals surface area contributed by atoms with Gasteiger partial charge in [0.1, 0.15) is 11.9 Å². The molecule has 0 radical (unpaired) electrons. The first-order valence-corrected chi connectivity index (χ1v) is 6.69. The molecule has 1 aromatic carbocycles. The van der Waals surface area contributed by atoms with Gasteiger partial charge >= 0.3 is 5.97 Å². The lowest BCUT2D eigenvalue weighted by Gasteiger charge is -2.29. The Labute approximate surface area is 125 Å². The van der Waals surface area contributed by atoms with Crippen LogP contribution >= 0.6 is 0 Å². The Kier molecular flexibility index (Phi) is 4.39. The fourth-order valence-electron chi connectivity index (χ4n) is 2.67. The van der Waals surface area contributed by atoms with Gasteiger partial charge in [0.25, 0.3) is 5.69 Å². The number of likely N-dealkylation sites (tertiary alicyclic amines) is 1. The lowest BCUT2D eigenvalue weighted by molar-refractivity contribution is -0.385. The molecule has 22 heavy (non-hydrogen) atoms. The number of rotatable bonds is 4. The van der Waals surface area contributed by atoms with Crippen LogP contribution in [0.3, 0.4) is 0 Å². The van der Waals surface area contributed by atoms with E-state index in [0.29, 0.717) is 0 Å². The average molecular weight is 310 g/mol. The summed E-state index contributed by atoms with van der Waals surface area (Å²) in [7, 11) is 1.21. The molecule has 1 heterocycles. The molecule has 1 aliphatic rings. The normalized spacial score (nSPS) is 19.1. The van der Waals surface area contributed by atoms with E-state index in [2.05, 4.69) is 4.74 Å². The number of carbonyl (C=O) groups is 2. The van der Waals surface area contributed by atoms with E-state index in [1.54, 1.807) is 0 Å². The van der Waals surface area contributed by atoms with Crippen molar-refractivity contribution in [3.63, 3.8) is 0 Å². The maximum atomic E-state index is 14.0. The first-order chi connectivity index (χ1) is 10.4. The third kappa shape index (κ3) is 2.76. The minimum atomic E-state index is -0.806. The zero-order valence-corrected chi connectivity index (χ0v) is 12.1. The van der Waals surface area contributed by atoms with Gasteiger partial charge in [-0.2, -0.15) is 0 Å². The van der Waals surface area contributed by atoms with E-state index in [-0.39, 0.29) is 30.0 Å². The maximum absolute atomic E-state index is 14.0. The molecule has 1 saturated heterocycles. The molecule has 1 fully saturated rings. The Bertz CT molecular complexity index is 634. The molecular formula is C14H15FN2O5. The summed E-state index contributed by atoms with van der Waals surface area (Å²) >= 11 is 0. The minimum Gasteiger partial charge on any atom is -0.467 e. The first kappa shape index (κ1) is 15.9. The number of nitro benzene ring substituents is 1. The molecule has 1 amide bonds. The number of nitrogens with zero attached hydrogens (tertiary/aromatic N) is 2. The summed E-state index contributed by atoms with van der Waals surface area (Å²) < 4.78 is 18.7. The van der Waals surface area contributed by atoms with Crippen LogP contribution in [0.15, 0.2) is 18.2 Å². The zero-order chi connectivity index (χ0) is 16.4. The van der Waals surface area contributed by atoms with Gasteiger partial charge in [0.15, 0.2) is 0 Å². The number of hydrogen-bond acceptors (Lipinski definition) is 5. The molecule has 2 atom stereocenters. The smallest absolute Gasteiger partial charge is 0.328 e. The Morgan fingerprint density at radius 3 is 2.82 bits per heavy atom. The van der Waals surface area contributed by atoms with Gasteiger partial charge in [-0.05, 0) is 19.4 Å². The second-order valence-corrected chi connectivity index (χ2v) is 5.02. The van der Waals surface area contributed by atoms with Crippen LogP contribution in [0.2, 0.25) is 0 Å². The van der Waals surface area contributed by atoms with E-state index in [9.17, 15) is 24.1 Å². The zero-order valence-electron chi connectivity index (χ0n) is 12.1. The highest BCUT2D eigenvalue weighted by atomic mass is 19.1. The number of hydrogen-bond donors (Lipinski definition) is 0. The van der Waals surface area contributed by atoms with Crippen LogP contribution in [0.1, 0.15) is 31.4 Å². The van der Waals surface area contributed by atoms with E-state index < -0.39 is 28.8 Å². The Balaban J connectivity index is 2.39. The van der Waals surface area contributed by atoms with Gasteiger partial charge in [0.05, 0.1) is 18.1 Å². The van der Waals surface area contributed by atoms with Crippen molar-refractivity contribution < 1.29 is 23.6 Å². The topological polar surface area (TPSA) is 89.8 Å². The van der Waals surface area contributed by atoms with Crippen molar-refractivity contribution in [3.8, 4) is 0 Å². The highest BCUT2D eigenvalue weighted by Gasteiger charge is 2.40. The Hall–Kier alpha value is -2.51. The summed E-state index contributed by atoms with van der Waals surface area (Å²) in [6.07, 6.45) is 0.438. The standard InChI is InChI=1S/C14H15FN2O5/c1-8(10-7-9(17(20)21)3-4-11(10)15)16-12(14(19)22-2)5-6-13(16)18/h3-4,7-8,12H,5-6H2,1-2H3. The molecule has 7 nitrogen and oxygen atoms in total. The molecular weight excluding hydrogens is 295 g/mol. The molecule has 0 spiro atoms. The number of carbonyl (C=O) groups excluding carboxylic acids is 2. The molecule has 0 bridgehead atoms. The molecule has 0 N–H and O–H groups in total. The second kappa shape index (κ2) is 6.08. The number of amides is 1. The van der Waals surface area contributed by atoms with E-state index >= 15 is 0 Å². The number of halogens is 1. The van der Waals surface area contributed by atoms with Gasteiger partial charge in [0.2, 0.25) is 5.91 Å². The third-order valence-corrected chi connectivity index (χ3v) is 3.79. The Morgan fingerprint density at radius 2 is 2.23 bits per heavy atom. The summed E-state index contributed by atoms with van der Waals surface area (Å²) in [6, 6.07) is 1.51. The average Bonchev–Trinajstić information content (AvgIpc) is 2.87. The van der Waals surface area contributed by atoms with Crippen LogP contribution < -0.4 is 0 Å².